The second-order valence-corrected chi connectivity index (χ2v) is 6.64. The number of halogens is 2. The van der Waals surface area contributed by atoms with Gasteiger partial charge in [0.05, 0.1) is 5.02 Å². The zero-order valence-corrected chi connectivity index (χ0v) is 16.0. The lowest BCUT2D eigenvalue weighted by Crippen LogP contribution is -2.40. The highest BCUT2D eigenvalue weighted by Crippen LogP contribution is 2.32. The molecule has 3 rings (SSSR count). The zero-order chi connectivity index (χ0) is 17.1. The molecule has 0 saturated carbocycles. The first-order valence-corrected chi connectivity index (χ1v) is 8.64. The monoisotopic (exact) mass is 383 g/mol. The van der Waals surface area contributed by atoms with Gasteiger partial charge in [0.25, 0.3) is 5.91 Å². The molecule has 5 nitrogen and oxygen atoms in total. The molecule has 136 valence electrons. The standard InChI is InChI=1S/C18H22ClN3O2.ClH/c1-12-16(17(21-24-12)14-5-3-4-6-15(14)19)18(23)22-9-7-13(8-10-22)11-20-2;/h3-6,13,20H,7-11H2,1-2H3;1H. The minimum absolute atomic E-state index is 0. The van der Waals surface area contributed by atoms with Gasteiger partial charge in [0.2, 0.25) is 0 Å². The molecule has 0 radical (unpaired) electrons. The van der Waals surface area contributed by atoms with Gasteiger partial charge in [-0.3, -0.25) is 4.79 Å². The van der Waals surface area contributed by atoms with Crippen LogP contribution in [0, 0.1) is 12.8 Å². The van der Waals surface area contributed by atoms with Gasteiger partial charge in [-0.05, 0) is 45.3 Å². The topological polar surface area (TPSA) is 58.4 Å². The first kappa shape index (κ1) is 19.8. The third-order valence-corrected chi connectivity index (χ3v) is 4.93. The highest BCUT2D eigenvalue weighted by Gasteiger charge is 2.29. The molecule has 1 aromatic heterocycles. The van der Waals surface area contributed by atoms with Crippen molar-refractivity contribution in [3.05, 3.63) is 40.6 Å². The fraction of sp³-hybridized carbons (Fsp3) is 0.444. The third-order valence-electron chi connectivity index (χ3n) is 4.60. The van der Waals surface area contributed by atoms with Crippen LogP contribution in [0.2, 0.25) is 5.02 Å². The van der Waals surface area contributed by atoms with E-state index >= 15 is 0 Å². The second kappa shape index (κ2) is 8.70. The Bertz CT molecular complexity index is 725. The molecule has 1 fully saturated rings. The van der Waals surface area contributed by atoms with E-state index in [2.05, 4.69) is 10.5 Å². The number of benzene rings is 1. The van der Waals surface area contributed by atoms with Gasteiger partial charge in [0.1, 0.15) is 17.0 Å². The molecule has 0 atom stereocenters. The third kappa shape index (κ3) is 4.17. The van der Waals surface area contributed by atoms with Gasteiger partial charge >= 0.3 is 0 Å². The maximum absolute atomic E-state index is 13.0. The van der Waals surface area contributed by atoms with Gasteiger partial charge in [-0.25, -0.2) is 0 Å². The lowest BCUT2D eigenvalue weighted by Gasteiger charge is -2.32. The number of hydrogen-bond acceptors (Lipinski definition) is 4. The van der Waals surface area contributed by atoms with Crippen LogP contribution < -0.4 is 5.32 Å². The number of rotatable bonds is 4. The predicted octanol–water partition coefficient (Wildman–Crippen LogP) is 3.80. The van der Waals surface area contributed by atoms with E-state index in [0.717, 1.165) is 38.0 Å². The summed E-state index contributed by atoms with van der Waals surface area (Å²) in [5.74, 6) is 1.14. The summed E-state index contributed by atoms with van der Waals surface area (Å²) in [7, 11) is 1.97. The Labute approximate surface area is 159 Å². The predicted molar refractivity (Wildman–Crippen MR) is 101 cm³/mol. The Morgan fingerprint density at radius 1 is 1.36 bits per heavy atom. The van der Waals surface area contributed by atoms with Gasteiger partial charge in [0.15, 0.2) is 0 Å². The summed E-state index contributed by atoms with van der Waals surface area (Å²) in [5, 5.41) is 7.86. The summed E-state index contributed by atoms with van der Waals surface area (Å²) in [4.78, 5) is 14.9. The van der Waals surface area contributed by atoms with Crippen molar-refractivity contribution in [2.45, 2.75) is 19.8 Å². The summed E-state index contributed by atoms with van der Waals surface area (Å²) in [5.41, 5.74) is 1.78. The van der Waals surface area contributed by atoms with Crippen LogP contribution in [-0.4, -0.2) is 42.6 Å². The van der Waals surface area contributed by atoms with Crippen molar-refractivity contribution in [1.82, 2.24) is 15.4 Å². The number of aromatic nitrogens is 1. The maximum Gasteiger partial charge on any atom is 0.259 e. The SMILES string of the molecule is CNCC1CCN(C(=O)c2c(-c3ccccc3Cl)noc2C)CC1.Cl. The Morgan fingerprint density at radius 2 is 2.04 bits per heavy atom. The van der Waals surface area contributed by atoms with E-state index in [1.54, 1.807) is 13.0 Å². The summed E-state index contributed by atoms with van der Waals surface area (Å²) < 4.78 is 5.31. The summed E-state index contributed by atoms with van der Waals surface area (Å²) in [6, 6.07) is 7.38. The molecular weight excluding hydrogens is 361 g/mol. The summed E-state index contributed by atoms with van der Waals surface area (Å²) >= 11 is 6.27. The maximum atomic E-state index is 13.0. The summed E-state index contributed by atoms with van der Waals surface area (Å²) in [6.07, 6.45) is 2.02. The number of hydrogen-bond donors (Lipinski definition) is 1. The molecule has 1 N–H and O–H groups in total. The smallest absolute Gasteiger partial charge is 0.259 e. The van der Waals surface area contributed by atoms with Gasteiger partial charge in [-0.2, -0.15) is 0 Å². The van der Waals surface area contributed by atoms with Crippen molar-refractivity contribution in [3.8, 4) is 11.3 Å². The molecule has 1 aromatic carbocycles. The lowest BCUT2D eigenvalue weighted by atomic mass is 9.96. The van der Waals surface area contributed by atoms with Crippen LogP contribution in [0.15, 0.2) is 28.8 Å². The first-order valence-electron chi connectivity index (χ1n) is 8.27. The molecule has 2 heterocycles. The Balaban J connectivity index is 0.00000225. The number of nitrogens with zero attached hydrogens (tertiary/aromatic N) is 2. The van der Waals surface area contributed by atoms with Gasteiger partial charge < -0.3 is 14.7 Å². The van der Waals surface area contributed by atoms with Crippen LogP contribution in [-0.2, 0) is 0 Å². The first-order chi connectivity index (χ1) is 11.6. The van der Waals surface area contributed by atoms with Crippen molar-refractivity contribution in [1.29, 1.82) is 0 Å². The van der Waals surface area contributed by atoms with E-state index in [9.17, 15) is 4.79 Å². The molecular formula is C18H23Cl2N3O2. The van der Waals surface area contributed by atoms with Crippen molar-refractivity contribution < 1.29 is 9.32 Å². The highest BCUT2D eigenvalue weighted by atomic mass is 35.5. The van der Waals surface area contributed by atoms with Crippen LogP contribution in [0.25, 0.3) is 11.3 Å². The molecule has 0 spiro atoms. The highest BCUT2D eigenvalue weighted by molar-refractivity contribution is 6.33. The molecule has 1 amide bonds. The van der Waals surface area contributed by atoms with Gasteiger partial charge in [0, 0.05) is 18.7 Å². The molecule has 0 unspecified atom stereocenters. The molecule has 1 aliphatic rings. The van der Waals surface area contributed by atoms with E-state index in [1.165, 1.54) is 0 Å². The lowest BCUT2D eigenvalue weighted by molar-refractivity contribution is 0.0690. The minimum atomic E-state index is -0.0217. The van der Waals surface area contributed by atoms with Crippen molar-refractivity contribution in [2.75, 3.05) is 26.7 Å². The number of carbonyl (C=O) groups excluding carboxylic acids is 1. The molecule has 0 aliphatic carbocycles. The number of carbonyl (C=O) groups is 1. The average Bonchev–Trinajstić information content (AvgIpc) is 2.97. The molecule has 7 heteroatoms. The molecule has 2 aromatic rings. The second-order valence-electron chi connectivity index (χ2n) is 6.24. The van der Waals surface area contributed by atoms with E-state index in [0.29, 0.717) is 28.0 Å². The fourth-order valence-electron chi connectivity index (χ4n) is 3.25. The Morgan fingerprint density at radius 3 is 2.68 bits per heavy atom. The number of likely N-dealkylation sites (tertiary alicyclic amines) is 1. The van der Waals surface area contributed by atoms with Gasteiger partial charge in [-0.1, -0.05) is 35.0 Å². The van der Waals surface area contributed by atoms with E-state index in [4.69, 9.17) is 16.1 Å². The van der Waals surface area contributed by atoms with Crippen molar-refractivity contribution >= 4 is 29.9 Å². The van der Waals surface area contributed by atoms with Gasteiger partial charge in [-0.15, -0.1) is 12.4 Å². The molecule has 1 saturated heterocycles. The molecule has 0 bridgehead atoms. The Kier molecular flexibility index (Phi) is 6.87. The minimum Gasteiger partial charge on any atom is -0.360 e. The van der Waals surface area contributed by atoms with Crippen LogP contribution >= 0.6 is 24.0 Å². The van der Waals surface area contributed by atoms with Crippen molar-refractivity contribution in [3.63, 3.8) is 0 Å². The van der Waals surface area contributed by atoms with Crippen LogP contribution in [0.3, 0.4) is 0 Å². The number of amides is 1. The van der Waals surface area contributed by atoms with E-state index < -0.39 is 0 Å². The average molecular weight is 384 g/mol. The Hall–Kier alpha value is -1.56. The van der Waals surface area contributed by atoms with E-state index in [1.807, 2.05) is 30.1 Å². The quantitative estimate of drug-likeness (QED) is 0.871. The number of aryl methyl sites for hydroxylation is 1. The zero-order valence-electron chi connectivity index (χ0n) is 14.4. The fourth-order valence-corrected chi connectivity index (χ4v) is 3.47. The van der Waals surface area contributed by atoms with Crippen LogP contribution in [0.1, 0.15) is 29.0 Å². The number of piperidine rings is 1. The number of nitrogens with one attached hydrogen (secondary N) is 1. The van der Waals surface area contributed by atoms with E-state index in [-0.39, 0.29) is 18.3 Å². The molecule has 25 heavy (non-hydrogen) atoms. The molecule has 1 aliphatic heterocycles. The normalized spacial score (nSPS) is 15.1. The van der Waals surface area contributed by atoms with Crippen LogP contribution in [0.5, 0.6) is 0 Å². The largest absolute Gasteiger partial charge is 0.360 e. The summed E-state index contributed by atoms with van der Waals surface area (Å²) in [6.45, 7) is 4.29. The van der Waals surface area contributed by atoms with Crippen molar-refractivity contribution in [2.24, 2.45) is 5.92 Å². The van der Waals surface area contributed by atoms with Crippen LogP contribution in [0.4, 0.5) is 0 Å².